The van der Waals surface area contributed by atoms with Gasteiger partial charge in [0.1, 0.15) is 6.61 Å². The zero-order chi connectivity index (χ0) is 17.6. The average Bonchev–Trinajstić information content (AvgIpc) is 2.62. The number of aryl methyl sites for hydroxylation is 1. The van der Waals surface area contributed by atoms with Crippen LogP contribution in [0.4, 0.5) is 0 Å². The van der Waals surface area contributed by atoms with Crippen molar-refractivity contribution >= 4 is 5.97 Å². The van der Waals surface area contributed by atoms with Crippen LogP contribution < -0.4 is 4.74 Å². The predicted octanol–water partition coefficient (Wildman–Crippen LogP) is 3.37. The van der Waals surface area contributed by atoms with Gasteiger partial charge in [-0.3, -0.25) is 9.78 Å². The van der Waals surface area contributed by atoms with Crippen molar-refractivity contribution in [3.05, 3.63) is 60.4 Å². The summed E-state index contributed by atoms with van der Waals surface area (Å²) in [6, 6.07) is 13.3. The first-order valence-corrected chi connectivity index (χ1v) is 7.83. The van der Waals surface area contributed by atoms with Crippen LogP contribution in [-0.2, 0) is 4.79 Å². The van der Waals surface area contributed by atoms with Crippen molar-refractivity contribution < 1.29 is 14.6 Å². The molecular weight excluding hydrogens is 318 g/mol. The number of benzene rings is 1. The minimum atomic E-state index is -0.915. The van der Waals surface area contributed by atoms with Crippen molar-refractivity contribution in [1.29, 1.82) is 0 Å². The van der Waals surface area contributed by atoms with E-state index in [1.807, 2.05) is 43.3 Å². The number of nitrogens with zero attached hydrogens (tertiary/aromatic N) is 3. The Bertz CT molecular complexity index is 865. The van der Waals surface area contributed by atoms with Crippen LogP contribution in [0.2, 0.25) is 0 Å². The zero-order valence-corrected chi connectivity index (χ0v) is 13.7. The highest BCUT2D eigenvalue weighted by Gasteiger charge is 2.10. The van der Waals surface area contributed by atoms with Gasteiger partial charge in [-0.1, -0.05) is 29.8 Å². The Morgan fingerprint density at radius 3 is 2.44 bits per heavy atom. The van der Waals surface area contributed by atoms with Crippen LogP contribution in [0, 0.1) is 6.92 Å². The second-order valence-electron chi connectivity index (χ2n) is 5.51. The van der Waals surface area contributed by atoms with Crippen LogP contribution in [0.1, 0.15) is 12.0 Å². The number of ether oxygens (including phenoxy) is 1. The summed E-state index contributed by atoms with van der Waals surface area (Å²) in [5, 5.41) is 8.76. The standard InChI is InChI=1S/C19H17N3O3/c1-13-2-4-15(5-3-13)19-21-16(14-6-9-20-10-7-14)12-17(22-19)25-11-8-18(23)24/h2-7,9-10,12H,8,11H2,1H3,(H,23,24). The molecule has 3 rings (SSSR count). The molecule has 0 saturated carbocycles. The van der Waals surface area contributed by atoms with Crippen molar-refractivity contribution in [1.82, 2.24) is 15.0 Å². The molecule has 0 unspecified atom stereocenters. The van der Waals surface area contributed by atoms with Crippen LogP contribution in [0.5, 0.6) is 5.88 Å². The van der Waals surface area contributed by atoms with Gasteiger partial charge in [-0.15, -0.1) is 0 Å². The van der Waals surface area contributed by atoms with E-state index in [-0.39, 0.29) is 13.0 Å². The van der Waals surface area contributed by atoms with E-state index in [1.54, 1.807) is 18.5 Å². The number of pyridine rings is 1. The third-order valence-corrected chi connectivity index (χ3v) is 3.55. The number of carboxylic acids is 1. The Hall–Kier alpha value is -3.28. The molecule has 0 fully saturated rings. The number of carboxylic acid groups (broad SMARTS) is 1. The Morgan fingerprint density at radius 1 is 1.04 bits per heavy atom. The van der Waals surface area contributed by atoms with Crippen LogP contribution in [0.3, 0.4) is 0 Å². The molecule has 0 radical (unpaired) electrons. The van der Waals surface area contributed by atoms with Crippen molar-refractivity contribution in [2.45, 2.75) is 13.3 Å². The quantitative estimate of drug-likeness (QED) is 0.743. The molecule has 126 valence electrons. The Morgan fingerprint density at radius 2 is 1.76 bits per heavy atom. The van der Waals surface area contributed by atoms with Crippen LogP contribution in [0.15, 0.2) is 54.9 Å². The van der Waals surface area contributed by atoms with Gasteiger partial charge in [0.25, 0.3) is 0 Å². The summed E-state index contributed by atoms with van der Waals surface area (Å²) >= 11 is 0. The lowest BCUT2D eigenvalue weighted by Crippen LogP contribution is -2.06. The first-order chi connectivity index (χ1) is 12.1. The molecule has 2 heterocycles. The Labute approximate surface area is 145 Å². The summed E-state index contributed by atoms with van der Waals surface area (Å²) in [7, 11) is 0. The molecule has 1 N–H and O–H groups in total. The molecule has 0 aliphatic carbocycles. The average molecular weight is 335 g/mol. The second kappa shape index (κ2) is 7.53. The summed E-state index contributed by atoms with van der Waals surface area (Å²) in [5.41, 5.74) is 3.59. The molecule has 0 aliphatic rings. The Kier molecular flexibility index (Phi) is 4.99. The van der Waals surface area contributed by atoms with E-state index in [2.05, 4.69) is 15.0 Å². The zero-order valence-electron chi connectivity index (χ0n) is 13.7. The van der Waals surface area contributed by atoms with E-state index in [0.717, 1.165) is 16.7 Å². The normalized spacial score (nSPS) is 10.4. The lowest BCUT2D eigenvalue weighted by molar-refractivity contribution is -0.137. The minimum Gasteiger partial charge on any atom is -0.481 e. The van der Waals surface area contributed by atoms with Crippen molar-refractivity contribution in [2.75, 3.05) is 6.61 Å². The maximum absolute atomic E-state index is 10.7. The molecule has 3 aromatic rings. The maximum atomic E-state index is 10.7. The van der Waals surface area contributed by atoms with Crippen molar-refractivity contribution in [2.24, 2.45) is 0 Å². The summed E-state index contributed by atoms with van der Waals surface area (Å²) in [6.07, 6.45) is 3.29. The van der Waals surface area contributed by atoms with Gasteiger partial charge in [0.2, 0.25) is 5.88 Å². The molecule has 0 amide bonds. The molecule has 0 aliphatic heterocycles. The maximum Gasteiger partial charge on any atom is 0.306 e. The van der Waals surface area contributed by atoms with Gasteiger partial charge in [-0.2, -0.15) is 4.98 Å². The molecule has 0 atom stereocenters. The summed E-state index contributed by atoms with van der Waals surface area (Å²) in [6.45, 7) is 2.06. The monoisotopic (exact) mass is 335 g/mol. The number of carbonyl (C=O) groups is 1. The van der Waals surface area contributed by atoms with Gasteiger partial charge in [0.05, 0.1) is 12.1 Å². The lowest BCUT2D eigenvalue weighted by atomic mass is 10.1. The molecule has 6 heteroatoms. The fourth-order valence-corrected chi connectivity index (χ4v) is 2.24. The molecule has 0 spiro atoms. The highest BCUT2D eigenvalue weighted by Crippen LogP contribution is 2.25. The SMILES string of the molecule is Cc1ccc(-c2nc(OCCC(=O)O)cc(-c3ccncc3)n2)cc1. The first-order valence-electron chi connectivity index (χ1n) is 7.83. The second-order valence-corrected chi connectivity index (χ2v) is 5.51. The summed E-state index contributed by atoms with van der Waals surface area (Å²) in [4.78, 5) is 23.7. The molecule has 6 nitrogen and oxygen atoms in total. The van der Waals surface area contributed by atoms with Gasteiger partial charge in [-0.25, -0.2) is 4.98 Å². The molecule has 2 aromatic heterocycles. The van der Waals surface area contributed by atoms with E-state index < -0.39 is 5.97 Å². The van der Waals surface area contributed by atoms with Crippen molar-refractivity contribution in [3.8, 4) is 28.5 Å². The van der Waals surface area contributed by atoms with Gasteiger partial charge < -0.3 is 9.84 Å². The van der Waals surface area contributed by atoms with Gasteiger partial charge >= 0.3 is 5.97 Å². The number of aliphatic carboxylic acids is 1. The number of rotatable bonds is 6. The largest absolute Gasteiger partial charge is 0.481 e. The lowest BCUT2D eigenvalue weighted by Gasteiger charge is -2.09. The number of aromatic nitrogens is 3. The summed E-state index contributed by atoms with van der Waals surface area (Å²) in [5.74, 6) is -0.0413. The minimum absolute atomic E-state index is 0.0511. The highest BCUT2D eigenvalue weighted by atomic mass is 16.5. The van der Waals surface area contributed by atoms with E-state index in [0.29, 0.717) is 17.4 Å². The van der Waals surface area contributed by atoms with E-state index in [4.69, 9.17) is 9.84 Å². The van der Waals surface area contributed by atoms with Crippen LogP contribution >= 0.6 is 0 Å². The predicted molar refractivity (Wildman–Crippen MR) is 93.2 cm³/mol. The van der Waals surface area contributed by atoms with Crippen LogP contribution in [-0.4, -0.2) is 32.6 Å². The Balaban J connectivity index is 1.98. The first kappa shape index (κ1) is 16.6. The molecular formula is C19H17N3O3. The molecule has 0 saturated heterocycles. The van der Waals surface area contributed by atoms with E-state index in [9.17, 15) is 4.79 Å². The fourth-order valence-electron chi connectivity index (χ4n) is 2.24. The van der Waals surface area contributed by atoms with Crippen molar-refractivity contribution in [3.63, 3.8) is 0 Å². The molecule has 0 bridgehead atoms. The third kappa shape index (κ3) is 4.38. The highest BCUT2D eigenvalue weighted by molar-refractivity contribution is 5.67. The third-order valence-electron chi connectivity index (χ3n) is 3.55. The number of hydrogen-bond acceptors (Lipinski definition) is 5. The fraction of sp³-hybridized carbons (Fsp3) is 0.158. The number of hydrogen-bond donors (Lipinski definition) is 1. The summed E-state index contributed by atoms with van der Waals surface area (Å²) < 4.78 is 5.52. The molecule has 25 heavy (non-hydrogen) atoms. The van der Waals surface area contributed by atoms with Gasteiger partial charge in [0, 0.05) is 29.6 Å². The molecule has 1 aromatic carbocycles. The smallest absolute Gasteiger partial charge is 0.306 e. The topological polar surface area (TPSA) is 85.2 Å². The van der Waals surface area contributed by atoms with Gasteiger partial charge in [-0.05, 0) is 19.1 Å². The van der Waals surface area contributed by atoms with E-state index in [1.165, 1.54) is 0 Å². The van der Waals surface area contributed by atoms with Crippen LogP contribution in [0.25, 0.3) is 22.6 Å². The van der Waals surface area contributed by atoms with Gasteiger partial charge in [0.15, 0.2) is 5.82 Å². The van der Waals surface area contributed by atoms with E-state index >= 15 is 0 Å².